The first-order chi connectivity index (χ1) is 19.3. The number of hydrogen-bond acceptors (Lipinski definition) is 4. The van der Waals surface area contributed by atoms with Crippen LogP contribution in [0.4, 0.5) is 4.39 Å². The van der Waals surface area contributed by atoms with E-state index in [4.69, 9.17) is 9.47 Å². The van der Waals surface area contributed by atoms with E-state index in [1.54, 1.807) is 29.0 Å². The van der Waals surface area contributed by atoms with Gasteiger partial charge in [-0.3, -0.25) is 9.59 Å². The highest BCUT2D eigenvalue weighted by Gasteiger charge is 2.56. The van der Waals surface area contributed by atoms with Gasteiger partial charge in [0.1, 0.15) is 12.4 Å². The first kappa shape index (κ1) is 25.9. The average Bonchev–Trinajstić information content (AvgIpc) is 3.37. The van der Waals surface area contributed by atoms with Crippen LogP contribution in [0.1, 0.15) is 48.6 Å². The van der Waals surface area contributed by atoms with Crippen molar-refractivity contribution in [2.75, 3.05) is 26.8 Å². The molecule has 7 nitrogen and oxygen atoms in total. The fourth-order valence-electron chi connectivity index (χ4n) is 6.15. The van der Waals surface area contributed by atoms with E-state index in [0.717, 1.165) is 39.7 Å². The van der Waals surface area contributed by atoms with Crippen LogP contribution in [0.3, 0.4) is 0 Å². The number of aromatic nitrogens is 1. The number of nitrogens with zero attached hydrogens (tertiary/aromatic N) is 2. The van der Waals surface area contributed by atoms with Gasteiger partial charge < -0.3 is 24.3 Å². The maximum absolute atomic E-state index is 14.2. The maximum atomic E-state index is 14.2. The molecule has 206 valence electrons. The summed E-state index contributed by atoms with van der Waals surface area (Å²) in [6, 6.07) is 19.9. The monoisotopic (exact) mass is 541 g/mol. The van der Waals surface area contributed by atoms with E-state index >= 15 is 0 Å². The van der Waals surface area contributed by atoms with Crippen LogP contribution >= 0.6 is 0 Å². The topological polar surface area (TPSA) is 74.9 Å². The molecule has 0 saturated carbocycles. The zero-order valence-corrected chi connectivity index (χ0v) is 22.9. The molecule has 8 heteroatoms. The van der Waals surface area contributed by atoms with Crippen molar-refractivity contribution >= 4 is 22.7 Å². The summed E-state index contributed by atoms with van der Waals surface area (Å²) in [7, 11) is 1.62. The molecule has 0 unspecified atom stereocenters. The summed E-state index contributed by atoms with van der Waals surface area (Å²) in [4.78, 5) is 34.8. The van der Waals surface area contributed by atoms with Gasteiger partial charge in [0.05, 0.1) is 19.4 Å². The lowest BCUT2D eigenvalue weighted by Gasteiger charge is -2.51. The first-order valence-corrected chi connectivity index (χ1v) is 13.6. The first-order valence-electron chi connectivity index (χ1n) is 13.6. The molecule has 1 saturated heterocycles. The summed E-state index contributed by atoms with van der Waals surface area (Å²) in [5.74, 6) is 0.483. The normalized spacial score (nSPS) is 20.4. The third-order valence-corrected chi connectivity index (χ3v) is 8.16. The molecular formula is C32H32FN3O4. The van der Waals surface area contributed by atoms with Gasteiger partial charge in [0.2, 0.25) is 5.91 Å². The van der Waals surface area contributed by atoms with E-state index < -0.39 is 5.54 Å². The van der Waals surface area contributed by atoms with E-state index in [1.165, 1.54) is 12.1 Å². The molecule has 3 aromatic carbocycles. The lowest BCUT2D eigenvalue weighted by molar-refractivity contribution is -0.166. The highest BCUT2D eigenvalue weighted by molar-refractivity contribution is 6.01. The molecule has 2 amide bonds. The largest absolute Gasteiger partial charge is 0.493 e. The van der Waals surface area contributed by atoms with Gasteiger partial charge in [0.15, 0.2) is 17.0 Å². The van der Waals surface area contributed by atoms with Crippen LogP contribution in [-0.4, -0.2) is 53.4 Å². The van der Waals surface area contributed by atoms with Crippen LogP contribution < -0.4 is 9.47 Å². The Hall–Kier alpha value is -4.33. The summed E-state index contributed by atoms with van der Waals surface area (Å²) < 4.78 is 25.0. The summed E-state index contributed by atoms with van der Waals surface area (Å²) in [5, 5.41) is 1.02. The summed E-state index contributed by atoms with van der Waals surface area (Å²) >= 11 is 0. The van der Waals surface area contributed by atoms with Crippen molar-refractivity contribution in [1.29, 1.82) is 0 Å². The molecule has 0 bridgehead atoms. The second-order valence-corrected chi connectivity index (χ2v) is 10.6. The van der Waals surface area contributed by atoms with Crippen molar-refractivity contribution in [3.05, 3.63) is 94.9 Å². The van der Waals surface area contributed by atoms with E-state index in [-0.39, 0.29) is 36.6 Å². The molecule has 2 aliphatic heterocycles. The van der Waals surface area contributed by atoms with Gasteiger partial charge in [-0.25, -0.2) is 4.39 Å². The number of nitrogens with one attached hydrogen (secondary N) is 1. The molecule has 2 atom stereocenters. The second kappa shape index (κ2) is 10.0. The second-order valence-electron chi connectivity index (χ2n) is 10.6. The Morgan fingerprint density at radius 1 is 1.05 bits per heavy atom. The summed E-state index contributed by atoms with van der Waals surface area (Å²) in [6.07, 6.45) is 0.883. The number of piperazine rings is 1. The van der Waals surface area contributed by atoms with Gasteiger partial charge in [-0.2, -0.15) is 0 Å². The minimum atomic E-state index is -1.21. The Labute approximate surface area is 232 Å². The number of para-hydroxylation sites is 1. The third kappa shape index (κ3) is 4.10. The van der Waals surface area contributed by atoms with Crippen molar-refractivity contribution in [2.24, 2.45) is 0 Å². The molecular weight excluding hydrogens is 509 g/mol. The van der Waals surface area contributed by atoms with Crippen LogP contribution in [0.2, 0.25) is 0 Å². The summed E-state index contributed by atoms with van der Waals surface area (Å²) in [5.41, 5.74) is 3.16. The Kier molecular flexibility index (Phi) is 6.49. The van der Waals surface area contributed by atoms with Crippen LogP contribution in [-0.2, 0) is 21.7 Å². The number of carbonyl (C=O) groups is 2. The van der Waals surface area contributed by atoms with E-state index in [1.807, 2.05) is 43.3 Å². The van der Waals surface area contributed by atoms with Gasteiger partial charge in [0, 0.05) is 29.9 Å². The van der Waals surface area contributed by atoms with Gasteiger partial charge in [0.25, 0.3) is 5.91 Å². The Balaban J connectivity index is 1.46. The Bertz CT molecular complexity index is 1600. The minimum absolute atomic E-state index is 0.0405. The molecule has 0 aliphatic carbocycles. The van der Waals surface area contributed by atoms with Crippen LogP contribution in [0.15, 0.2) is 66.7 Å². The molecule has 6 rings (SSSR count). The third-order valence-electron chi connectivity index (χ3n) is 8.16. The SMILES string of the molecule is CCCOc1ccc([C@@H]2CN3C(=O)CN(Cc4ccc(F)cc4)C(=O)[C@]3(C)c3[nH]c4ccccc4c32)cc1OC. The van der Waals surface area contributed by atoms with Crippen LogP contribution in [0.25, 0.3) is 10.9 Å². The number of ether oxygens (including phenoxy) is 2. The number of amides is 2. The standard InChI is InChI=1S/C32H32FN3O4/c1-4-15-40-26-14-11-21(16-27(26)39-3)24-18-36-28(37)19-35(17-20-9-12-22(33)13-10-20)31(38)32(36,2)30-29(24)23-7-5-6-8-25(23)34-30/h5-14,16,24,34H,4,15,17-19H2,1-3H3/t24-,32-/m0/s1. The van der Waals surface area contributed by atoms with Crippen LogP contribution in [0, 0.1) is 5.82 Å². The quantitative estimate of drug-likeness (QED) is 0.343. The lowest BCUT2D eigenvalue weighted by Crippen LogP contribution is -2.67. The Morgan fingerprint density at radius 3 is 2.58 bits per heavy atom. The maximum Gasteiger partial charge on any atom is 0.255 e. The van der Waals surface area contributed by atoms with Crippen molar-refractivity contribution in [3.8, 4) is 11.5 Å². The number of aromatic amines is 1. The van der Waals surface area contributed by atoms with E-state index in [2.05, 4.69) is 18.0 Å². The fourth-order valence-corrected chi connectivity index (χ4v) is 6.15. The van der Waals surface area contributed by atoms with E-state index in [9.17, 15) is 14.0 Å². The number of benzene rings is 3. The predicted octanol–water partition coefficient (Wildman–Crippen LogP) is 5.34. The molecule has 1 aromatic heterocycles. The molecule has 3 heterocycles. The highest BCUT2D eigenvalue weighted by Crippen LogP contribution is 2.49. The van der Waals surface area contributed by atoms with Crippen molar-refractivity contribution in [2.45, 2.75) is 38.3 Å². The zero-order chi connectivity index (χ0) is 28.0. The zero-order valence-electron chi connectivity index (χ0n) is 22.9. The minimum Gasteiger partial charge on any atom is -0.493 e. The van der Waals surface area contributed by atoms with Gasteiger partial charge in [-0.1, -0.05) is 43.3 Å². The van der Waals surface area contributed by atoms with E-state index in [0.29, 0.717) is 24.7 Å². The number of H-pyrrole nitrogens is 1. The van der Waals surface area contributed by atoms with Crippen molar-refractivity contribution < 1.29 is 23.5 Å². The van der Waals surface area contributed by atoms with Gasteiger partial charge in [-0.05, 0) is 60.4 Å². The van der Waals surface area contributed by atoms with Gasteiger partial charge >= 0.3 is 0 Å². The number of rotatable bonds is 7. The van der Waals surface area contributed by atoms with Crippen LogP contribution in [0.5, 0.6) is 11.5 Å². The number of halogens is 1. The fraction of sp³-hybridized carbons (Fsp3) is 0.312. The average molecular weight is 542 g/mol. The number of hydrogen-bond donors (Lipinski definition) is 1. The molecule has 1 N–H and O–H groups in total. The molecule has 4 aromatic rings. The number of fused-ring (bicyclic) bond motifs is 5. The molecule has 0 radical (unpaired) electrons. The number of carbonyl (C=O) groups excluding carboxylic acids is 2. The summed E-state index contributed by atoms with van der Waals surface area (Å²) in [6.45, 7) is 5.00. The smallest absolute Gasteiger partial charge is 0.255 e. The molecule has 2 aliphatic rings. The molecule has 0 spiro atoms. The lowest BCUT2D eigenvalue weighted by atomic mass is 9.76. The molecule has 1 fully saturated rings. The predicted molar refractivity (Wildman–Crippen MR) is 150 cm³/mol. The Morgan fingerprint density at radius 2 is 1.82 bits per heavy atom. The number of methoxy groups -OCH3 is 1. The molecule has 40 heavy (non-hydrogen) atoms. The van der Waals surface area contributed by atoms with Crippen molar-refractivity contribution in [3.63, 3.8) is 0 Å². The van der Waals surface area contributed by atoms with Gasteiger partial charge in [-0.15, -0.1) is 0 Å². The van der Waals surface area contributed by atoms with Crippen molar-refractivity contribution in [1.82, 2.24) is 14.8 Å². The highest BCUT2D eigenvalue weighted by atomic mass is 19.1.